The number of hydrogen-bond acceptors (Lipinski definition) is 4. The van der Waals surface area contributed by atoms with Crippen molar-refractivity contribution in [3.05, 3.63) is 23.0 Å². The van der Waals surface area contributed by atoms with Crippen molar-refractivity contribution in [1.29, 1.82) is 5.26 Å². The zero-order chi connectivity index (χ0) is 12.0. The first-order chi connectivity index (χ1) is 7.69. The second kappa shape index (κ2) is 6.03. The molecular formula is C10H11ClN4O. The first-order valence-corrected chi connectivity index (χ1v) is 5.22. The SMILES string of the molecule is CCN(CCC#N)C(=O)c1ccc(Cl)nn1. The number of hydrogen-bond donors (Lipinski definition) is 0. The summed E-state index contributed by atoms with van der Waals surface area (Å²) in [7, 11) is 0. The van der Waals surface area contributed by atoms with Crippen molar-refractivity contribution in [3.8, 4) is 6.07 Å². The fourth-order valence-corrected chi connectivity index (χ4v) is 1.28. The van der Waals surface area contributed by atoms with Gasteiger partial charge in [-0.1, -0.05) is 11.6 Å². The van der Waals surface area contributed by atoms with E-state index in [-0.39, 0.29) is 16.8 Å². The van der Waals surface area contributed by atoms with Crippen LogP contribution in [0.15, 0.2) is 12.1 Å². The van der Waals surface area contributed by atoms with Crippen molar-refractivity contribution in [2.24, 2.45) is 0 Å². The molecule has 0 aliphatic carbocycles. The summed E-state index contributed by atoms with van der Waals surface area (Å²) < 4.78 is 0. The second-order valence-corrected chi connectivity index (χ2v) is 3.42. The number of nitrogens with zero attached hydrogens (tertiary/aromatic N) is 4. The van der Waals surface area contributed by atoms with Crippen molar-refractivity contribution >= 4 is 17.5 Å². The highest BCUT2D eigenvalue weighted by Gasteiger charge is 2.15. The van der Waals surface area contributed by atoms with E-state index in [2.05, 4.69) is 10.2 Å². The van der Waals surface area contributed by atoms with E-state index in [9.17, 15) is 4.79 Å². The Labute approximate surface area is 98.6 Å². The summed E-state index contributed by atoms with van der Waals surface area (Å²) in [4.78, 5) is 13.4. The monoisotopic (exact) mass is 238 g/mol. The molecule has 0 unspecified atom stereocenters. The van der Waals surface area contributed by atoms with E-state index in [1.165, 1.54) is 12.1 Å². The Morgan fingerprint density at radius 1 is 1.56 bits per heavy atom. The number of carbonyl (C=O) groups excluding carboxylic acids is 1. The van der Waals surface area contributed by atoms with E-state index < -0.39 is 0 Å². The lowest BCUT2D eigenvalue weighted by atomic mass is 10.3. The van der Waals surface area contributed by atoms with Crippen LogP contribution in [0, 0.1) is 11.3 Å². The summed E-state index contributed by atoms with van der Waals surface area (Å²) >= 11 is 5.57. The number of nitriles is 1. The molecule has 0 saturated carbocycles. The van der Waals surface area contributed by atoms with Crippen LogP contribution < -0.4 is 0 Å². The molecule has 0 aliphatic rings. The van der Waals surface area contributed by atoms with Gasteiger partial charge in [-0.05, 0) is 19.1 Å². The molecule has 0 saturated heterocycles. The topological polar surface area (TPSA) is 69.9 Å². The van der Waals surface area contributed by atoms with E-state index in [1.54, 1.807) is 4.90 Å². The Hall–Kier alpha value is -1.67. The maximum Gasteiger partial charge on any atom is 0.274 e. The molecule has 0 bridgehead atoms. The Morgan fingerprint density at radius 2 is 2.31 bits per heavy atom. The molecule has 0 radical (unpaired) electrons. The fourth-order valence-electron chi connectivity index (χ4n) is 1.18. The Morgan fingerprint density at radius 3 is 2.81 bits per heavy atom. The van der Waals surface area contributed by atoms with Crippen molar-refractivity contribution in [3.63, 3.8) is 0 Å². The van der Waals surface area contributed by atoms with Gasteiger partial charge in [0.25, 0.3) is 5.91 Å². The molecule has 0 spiro atoms. The third-order valence-corrected chi connectivity index (χ3v) is 2.22. The van der Waals surface area contributed by atoms with Gasteiger partial charge in [-0.3, -0.25) is 4.79 Å². The Balaban J connectivity index is 2.75. The van der Waals surface area contributed by atoms with Crippen LogP contribution in [0.3, 0.4) is 0 Å². The first kappa shape index (κ1) is 12.4. The highest BCUT2D eigenvalue weighted by molar-refractivity contribution is 6.29. The molecule has 1 aromatic heterocycles. The lowest BCUT2D eigenvalue weighted by Gasteiger charge is -2.18. The van der Waals surface area contributed by atoms with Gasteiger partial charge in [0.05, 0.1) is 12.5 Å². The minimum Gasteiger partial charge on any atom is -0.336 e. The van der Waals surface area contributed by atoms with Gasteiger partial charge in [0.2, 0.25) is 0 Å². The summed E-state index contributed by atoms with van der Waals surface area (Å²) in [6, 6.07) is 5.03. The maximum atomic E-state index is 11.9. The lowest BCUT2D eigenvalue weighted by Crippen LogP contribution is -2.32. The number of aromatic nitrogens is 2. The van der Waals surface area contributed by atoms with Crippen molar-refractivity contribution in [1.82, 2.24) is 15.1 Å². The molecule has 1 amide bonds. The summed E-state index contributed by atoms with van der Waals surface area (Å²) in [5.41, 5.74) is 0.240. The molecular weight excluding hydrogens is 228 g/mol. The third kappa shape index (κ3) is 3.17. The van der Waals surface area contributed by atoms with Crippen LogP contribution in [-0.4, -0.2) is 34.1 Å². The zero-order valence-corrected chi connectivity index (χ0v) is 9.61. The molecule has 1 aromatic rings. The first-order valence-electron chi connectivity index (χ1n) is 4.84. The smallest absolute Gasteiger partial charge is 0.274 e. The van der Waals surface area contributed by atoms with Crippen molar-refractivity contribution in [2.75, 3.05) is 13.1 Å². The number of halogens is 1. The molecule has 0 N–H and O–H groups in total. The van der Waals surface area contributed by atoms with Crippen LogP contribution in [0.1, 0.15) is 23.8 Å². The molecule has 0 atom stereocenters. The van der Waals surface area contributed by atoms with Gasteiger partial charge in [-0.25, -0.2) is 0 Å². The molecule has 6 heteroatoms. The third-order valence-electron chi connectivity index (χ3n) is 2.01. The molecule has 0 aliphatic heterocycles. The van der Waals surface area contributed by atoms with Crippen molar-refractivity contribution in [2.45, 2.75) is 13.3 Å². The average molecular weight is 239 g/mol. The molecule has 1 rings (SSSR count). The molecule has 0 aromatic carbocycles. The average Bonchev–Trinajstić information content (AvgIpc) is 2.30. The fraction of sp³-hybridized carbons (Fsp3) is 0.400. The molecule has 0 fully saturated rings. The van der Waals surface area contributed by atoms with E-state index >= 15 is 0 Å². The largest absolute Gasteiger partial charge is 0.336 e. The Kier molecular flexibility index (Phi) is 4.67. The predicted octanol–water partition coefficient (Wildman–Crippen LogP) is 1.51. The van der Waals surface area contributed by atoms with Gasteiger partial charge < -0.3 is 4.90 Å². The van der Waals surface area contributed by atoms with Crippen LogP contribution >= 0.6 is 11.6 Å². The van der Waals surface area contributed by atoms with E-state index in [0.717, 1.165) is 0 Å². The van der Waals surface area contributed by atoms with Gasteiger partial charge in [0, 0.05) is 13.1 Å². The van der Waals surface area contributed by atoms with Crippen LogP contribution in [0.4, 0.5) is 0 Å². The van der Waals surface area contributed by atoms with E-state index in [0.29, 0.717) is 19.5 Å². The molecule has 16 heavy (non-hydrogen) atoms. The highest BCUT2D eigenvalue weighted by atomic mass is 35.5. The van der Waals surface area contributed by atoms with Gasteiger partial charge >= 0.3 is 0 Å². The predicted molar refractivity (Wildman–Crippen MR) is 58.8 cm³/mol. The summed E-state index contributed by atoms with van der Waals surface area (Å²) in [6.07, 6.45) is 0.306. The van der Waals surface area contributed by atoms with Crippen LogP contribution in [0.25, 0.3) is 0 Å². The molecule has 5 nitrogen and oxygen atoms in total. The number of amides is 1. The minimum atomic E-state index is -0.234. The normalized spacial score (nSPS) is 9.56. The highest BCUT2D eigenvalue weighted by Crippen LogP contribution is 2.05. The van der Waals surface area contributed by atoms with Crippen LogP contribution in [-0.2, 0) is 0 Å². The van der Waals surface area contributed by atoms with Gasteiger partial charge in [0.1, 0.15) is 0 Å². The summed E-state index contributed by atoms with van der Waals surface area (Å²) in [5, 5.41) is 16.0. The van der Waals surface area contributed by atoms with Crippen LogP contribution in [0.5, 0.6) is 0 Å². The number of rotatable bonds is 4. The van der Waals surface area contributed by atoms with Gasteiger partial charge in [-0.15, -0.1) is 10.2 Å². The van der Waals surface area contributed by atoms with E-state index in [4.69, 9.17) is 16.9 Å². The summed E-state index contributed by atoms with van der Waals surface area (Å²) in [5.74, 6) is -0.234. The second-order valence-electron chi connectivity index (χ2n) is 3.03. The van der Waals surface area contributed by atoms with Crippen LogP contribution in [0.2, 0.25) is 5.15 Å². The Bertz CT molecular complexity index is 398. The van der Waals surface area contributed by atoms with Gasteiger partial charge in [0.15, 0.2) is 10.8 Å². The molecule has 84 valence electrons. The maximum absolute atomic E-state index is 11.9. The lowest BCUT2D eigenvalue weighted by molar-refractivity contribution is 0.0760. The zero-order valence-electron chi connectivity index (χ0n) is 8.85. The quantitative estimate of drug-likeness (QED) is 0.797. The summed E-state index contributed by atoms with van der Waals surface area (Å²) in [6.45, 7) is 2.78. The molecule has 1 heterocycles. The van der Waals surface area contributed by atoms with Crippen molar-refractivity contribution < 1.29 is 4.79 Å². The van der Waals surface area contributed by atoms with E-state index in [1.807, 2.05) is 13.0 Å². The number of carbonyl (C=O) groups is 1. The minimum absolute atomic E-state index is 0.234. The standard InChI is InChI=1S/C10H11ClN4O/c1-2-15(7-3-6-12)10(16)8-4-5-9(11)14-13-8/h4-5H,2-3,7H2,1H3. The van der Waals surface area contributed by atoms with Gasteiger partial charge in [-0.2, -0.15) is 5.26 Å².